The molecule has 5 nitrogen and oxygen atoms in total. The Hall–Kier alpha value is -2.37. The second-order valence-corrected chi connectivity index (χ2v) is 7.25. The number of nitriles is 1. The van der Waals surface area contributed by atoms with Gasteiger partial charge in [-0.05, 0) is 43.7 Å². The molecule has 0 spiro atoms. The van der Waals surface area contributed by atoms with Crippen LogP contribution in [0.25, 0.3) is 5.69 Å². The molecule has 3 aromatic rings. The van der Waals surface area contributed by atoms with E-state index in [1.807, 2.05) is 61.5 Å². The number of aromatic nitrogens is 2. The number of halogens is 1. The van der Waals surface area contributed by atoms with Gasteiger partial charge in [0, 0.05) is 4.43 Å². The van der Waals surface area contributed by atoms with E-state index in [0.717, 1.165) is 11.3 Å². The summed E-state index contributed by atoms with van der Waals surface area (Å²) in [4.78, 5) is 0. The molecule has 1 N–H and O–H groups in total. The second-order valence-electron chi connectivity index (χ2n) is 6.49. The topological polar surface area (TPSA) is 71.1 Å². The lowest BCUT2D eigenvalue weighted by Gasteiger charge is -2.21. The molecule has 0 aliphatic carbocycles. The van der Waals surface area contributed by atoms with Crippen LogP contribution in [0, 0.1) is 18.3 Å². The molecule has 0 saturated carbocycles. The minimum absolute atomic E-state index is 0.223. The van der Waals surface area contributed by atoms with Crippen molar-refractivity contribution in [2.75, 3.05) is 4.43 Å². The third-order valence-corrected chi connectivity index (χ3v) is 5.87. The Labute approximate surface area is 172 Å². The highest BCUT2D eigenvalue weighted by Crippen LogP contribution is 2.26. The van der Waals surface area contributed by atoms with Gasteiger partial charge in [-0.15, -0.1) is 0 Å². The maximum Gasteiger partial charge on any atom is 0.132 e. The minimum Gasteiger partial charge on any atom is -0.487 e. The zero-order chi connectivity index (χ0) is 19.4. The molecule has 138 valence electrons. The first-order valence-electron chi connectivity index (χ1n) is 8.52. The van der Waals surface area contributed by atoms with E-state index in [4.69, 9.17) is 4.74 Å². The fourth-order valence-electron chi connectivity index (χ4n) is 2.78. The molecular weight excluding hydrogens is 453 g/mol. The summed E-state index contributed by atoms with van der Waals surface area (Å²) in [5, 5.41) is 24.4. The third-order valence-electron chi connectivity index (χ3n) is 4.38. The van der Waals surface area contributed by atoms with E-state index in [2.05, 4.69) is 33.8 Å². The number of para-hydroxylation sites is 1. The maximum absolute atomic E-state index is 10.3. The van der Waals surface area contributed by atoms with E-state index >= 15 is 0 Å². The van der Waals surface area contributed by atoms with E-state index in [-0.39, 0.29) is 6.61 Å². The summed E-state index contributed by atoms with van der Waals surface area (Å²) in [6.07, 6.45) is 0. The van der Waals surface area contributed by atoms with Crippen LogP contribution in [0.4, 0.5) is 0 Å². The summed E-state index contributed by atoms with van der Waals surface area (Å²) in [5.74, 6) is 0.672. The largest absolute Gasteiger partial charge is 0.487 e. The van der Waals surface area contributed by atoms with Gasteiger partial charge >= 0.3 is 0 Å². The molecule has 0 amide bonds. The van der Waals surface area contributed by atoms with Crippen LogP contribution in [-0.2, 0) is 12.2 Å². The summed E-state index contributed by atoms with van der Waals surface area (Å²) in [6.45, 7) is 3.83. The Bertz CT molecular complexity index is 958. The number of rotatable bonds is 6. The number of benzene rings is 2. The van der Waals surface area contributed by atoms with Crippen molar-refractivity contribution < 1.29 is 9.84 Å². The predicted octanol–water partition coefficient (Wildman–Crippen LogP) is 4.27. The first kappa shape index (κ1) is 19.4. The summed E-state index contributed by atoms with van der Waals surface area (Å²) in [6, 6.07) is 19.3. The lowest BCUT2D eigenvalue weighted by atomic mass is 9.99. The van der Waals surface area contributed by atoms with Crippen LogP contribution < -0.4 is 4.74 Å². The van der Waals surface area contributed by atoms with Gasteiger partial charge in [0.2, 0.25) is 0 Å². The quantitative estimate of drug-likeness (QED) is 0.429. The van der Waals surface area contributed by atoms with Crippen molar-refractivity contribution in [2.24, 2.45) is 0 Å². The number of aliphatic hydroxyl groups is 1. The van der Waals surface area contributed by atoms with Gasteiger partial charge in [-0.3, -0.25) is 0 Å². The SMILES string of the molecule is Cc1nn(-c2ccccc2)c(COc2ccc(C(C)(O)CI)cc2)c1C#N. The Morgan fingerprint density at radius 2 is 1.85 bits per heavy atom. The van der Waals surface area contributed by atoms with E-state index in [0.29, 0.717) is 27.1 Å². The Kier molecular flexibility index (Phi) is 5.82. The maximum atomic E-state index is 10.3. The summed E-state index contributed by atoms with van der Waals surface area (Å²) in [7, 11) is 0. The zero-order valence-electron chi connectivity index (χ0n) is 15.2. The average molecular weight is 473 g/mol. The smallest absolute Gasteiger partial charge is 0.132 e. The van der Waals surface area contributed by atoms with Crippen molar-refractivity contribution in [2.45, 2.75) is 26.1 Å². The molecule has 1 atom stereocenters. The molecule has 1 heterocycles. The molecule has 1 aromatic heterocycles. The highest BCUT2D eigenvalue weighted by Gasteiger charge is 2.21. The molecule has 6 heteroatoms. The molecule has 0 aliphatic rings. The van der Waals surface area contributed by atoms with Gasteiger partial charge in [-0.2, -0.15) is 10.4 Å². The van der Waals surface area contributed by atoms with Gasteiger partial charge in [0.1, 0.15) is 24.0 Å². The lowest BCUT2D eigenvalue weighted by molar-refractivity contribution is 0.0871. The molecule has 0 aliphatic heterocycles. The van der Waals surface area contributed by atoms with Crippen LogP contribution in [0.1, 0.15) is 29.4 Å². The van der Waals surface area contributed by atoms with E-state index in [1.165, 1.54) is 0 Å². The van der Waals surface area contributed by atoms with Crippen molar-refractivity contribution in [3.63, 3.8) is 0 Å². The lowest BCUT2D eigenvalue weighted by Crippen LogP contribution is -2.22. The number of hydrogen-bond donors (Lipinski definition) is 1. The van der Waals surface area contributed by atoms with Crippen LogP contribution in [-0.4, -0.2) is 19.3 Å². The Morgan fingerprint density at radius 1 is 1.19 bits per heavy atom. The van der Waals surface area contributed by atoms with Crippen molar-refractivity contribution in [3.05, 3.63) is 77.1 Å². The molecule has 1 unspecified atom stereocenters. The van der Waals surface area contributed by atoms with Gasteiger partial charge in [0.05, 0.1) is 22.7 Å². The van der Waals surface area contributed by atoms with Crippen LogP contribution >= 0.6 is 22.6 Å². The van der Waals surface area contributed by atoms with Gasteiger partial charge < -0.3 is 9.84 Å². The molecule has 2 aromatic carbocycles. The summed E-state index contributed by atoms with van der Waals surface area (Å²) in [5.41, 5.74) is 2.78. The molecule has 0 fully saturated rings. The number of hydrogen-bond acceptors (Lipinski definition) is 4. The zero-order valence-corrected chi connectivity index (χ0v) is 17.3. The van der Waals surface area contributed by atoms with Gasteiger partial charge in [-0.1, -0.05) is 52.9 Å². The third kappa shape index (κ3) is 4.15. The van der Waals surface area contributed by atoms with Crippen LogP contribution in [0.2, 0.25) is 0 Å². The summed E-state index contributed by atoms with van der Waals surface area (Å²) < 4.78 is 8.27. The second kappa shape index (κ2) is 8.11. The normalized spacial score (nSPS) is 13.0. The molecule has 3 rings (SSSR count). The van der Waals surface area contributed by atoms with E-state index in [1.54, 1.807) is 11.6 Å². The standard InChI is InChI=1S/C21H20IN3O2/c1-15-19(12-23)20(25(24-15)17-6-4-3-5-7-17)13-27-18-10-8-16(9-11-18)21(2,26)14-22/h3-11,26H,13-14H2,1-2H3. The van der Waals surface area contributed by atoms with Crippen LogP contribution in [0.5, 0.6) is 5.75 Å². The molecular formula is C21H20IN3O2. The number of alkyl halides is 1. The Balaban J connectivity index is 1.85. The molecule has 0 radical (unpaired) electrons. The van der Waals surface area contributed by atoms with Gasteiger partial charge in [0.15, 0.2) is 0 Å². The number of nitrogens with zero attached hydrogens (tertiary/aromatic N) is 3. The molecule has 27 heavy (non-hydrogen) atoms. The minimum atomic E-state index is -0.865. The highest BCUT2D eigenvalue weighted by molar-refractivity contribution is 14.1. The van der Waals surface area contributed by atoms with E-state index < -0.39 is 5.60 Å². The first-order valence-corrected chi connectivity index (χ1v) is 10.0. The van der Waals surface area contributed by atoms with Gasteiger partial charge in [0.25, 0.3) is 0 Å². The van der Waals surface area contributed by atoms with Crippen molar-refractivity contribution in [1.82, 2.24) is 9.78 Å². The van der Waals surface area contributed by atoms with Gasteiger partial charge in [-0.25, -0.2) is 4.68 Å². The van der Waals surface area contributed by atoms with Crippen LogP contribution in [0.15, 0.2) is 54.6 Å². The Morgan fingerprint density at radius 3 is 2.44 bits per heavy atom. The van der Waals surface area contributed by atoms with Crippen molar-refractivity contribution in [3.8, 4) is 17.5 Å². The monoisotopic (exact) mass is 473 g/mol. The first-order chi connectivity index (χ1) is 13.0. The van der Waals surface area contributed by atoms with Crippen molar-refractivity contribution >= 4 is 22.6 Å². The fourth-order valence-corrected chi connectivity index (χ4v) is 3.22. The van der Waals surface area contributed by atoms with Crippen LogP contribution in [0.3, 0.4) is 0 Å². The number of aryl methyl sites for hydroxylation is 1. The van der Waals surface area contributed by atoms with E-state index in [9.17, 15) is 10.4 Å². The van der Waals surface area contributed by atoms with Crippen molar-refractivity contribution in [1.29, 1.82) is 5.26 Å². The summed E-state index contributed by atoms with van der Waals surface area (Å²) >= 11 is 2.16. The predicted molar refractivity (Wildman–Crippen MR) is 112 cm³/mol. The average Bonchev–Trinajstić information content (AvgIpc) is 3.02. The molecule has 0 saturated heterocycles. The fraction of sp³-hybridized carbons (Fsp3) is 0.238. The highest BCUT2D eigenvalue weighted by atomic mass is 127. The number of ether oxygens (including phenoxy) is 1. The molecule has 0 bridgehead atoms.